The number of nitrogens with two attached hydrogens (primary N) is 1. The van der Waals surface area contributed by atoms with E-state index in [9.17, 15) is 0 Å². The quantitative estimate of drug-likeness (QED) is 0.326. The van der Waals surface area contributed by atoms with Crippen molar-refractivity contribution in [1.82, 2.24) is 0 Å². The van der Waals surface area contributed by atoms with Crippen LogP contribution in [-0.2, 0) is 0 Å². The van der Waals surface area contributed by atoms with Gasteiger partial charge in [0.25, 0.3) is 0 Å². The van der Waals surface area contributed by atoms with Gasteiger partial charge in [0.15, 0.2) is 5.29 Å². The molecule has 0 rings (SSSR count). The number of amidine groups is 1. The van der Waals surface area contributed by atoms with Gasteiger partial charge in [-0.1, -0.05) is 29.8 Å². The molecule has 0 fully saturated rings. The van der Waals surface area contributed by atoms with E-state index in [0.717, 1.165) is 0 Å². The Labute approximate surface area is 80.3 Å². The molecule has 2 nitrogen and oxygen atoms in total. The SMILES string of the molecule is C=C(Cl)/C(Cl)=C(/C)N=C(N)Cl. The van der Waals surface area contributed by atoms with E-state index in [1.165, 1.54) is 0 Å². The highest BCUT2D eigenvalue weighted by Crippen LogP contribution is 2.21. The molecule has 0 spiro atoms. The second kappa shape index (κ2) is 4.65. The minimum atomic E-state index is -0.0847. The Morgan fingerprint density at radius 2 is 1.82 bits per heavy atom. The number of rotatable bonds is 2. The van der Waals surface area contributed by atoms with E-state index in [1.54, 1.807) is 6.92 Å². The highest BCUT2D eigenvalue weighted by Gasteiger charge is 2.00. The van der Waals surface area contributed by atoms with Gasteiger partial charge in [0.2, 0.25) is 0 Å². The topological polar surface area (TPSA) is 38.4 Å². The van der Waals surface area contributed by atoms with Crippen LogP contribution in [0.1, 0.15) is 6.92 Å². The number of allylic oxidation sites excluding steroid dienone is 3. The molecule has 0 aromatic carbocycles. The van der Waals surface area contributed by atoms with Crippen molar-refractivity contribution in [3.63, 3.8) is 0 Å². The molecule has 62 valence electrons. The van der Waals surface area contributed by atoms with Gasteiger partial charge in [-0.3, -0.25) is 0 Å². The maximum absolute atomic E-state index is 5.64. The summed E-state index contributed by atoms with van der Waals surface area (Å²) in [6.07, 6.45) is 0. The fraction of sp³-hybridized carbons (Fsp3) is 0.167. The number of hydrogen-bond acceptors (Lipinski definition) is 1. The highest BCUT2D eigenvalue weighted by atomic mass is 35.5. The lowest BCUT2D eigenvalue weighted by Gasteiger charge is -1.97. The van der Waals surface area contributed by atoms with Gasteiger partial charge < -0.3 is 5.73 Å². The molecule has 0 unspecified atom stereocenters. The maximum atomic E-state index is 5.64. The van der Waals surface area contributed by atoms with Crippen molar-refractivity contribution < 1.29 is 0 Å². The van der Waals surface area contributed by atoms with Crippen LogP contribution in [0.2, 0.25) is 0 Å². The second-order valence-corrected chi connectivity index (χ2v) is 2.96. The molecule has 0 aromatic heterocycles. The zero-order valence-electron chi connectivity index (χ0n) is 5.87. The normalized spacial score (nSPS) is 14.4. The first-order valence-corrected chi connectivity index (χ1v) is 3.79. The third-order valence-electron chi connectivity index (χ3n) is 0.830. The monoisotopic (exact) mass is 212 g/mol. The molecule has 0 saturated carbocycles. The summed E-state index contributed by atoms with van der Waals surface area (Å²) in [4.78, 5) is 3.66. The van der Waals surface area contributed by atoms with Crippen molar-refractivity contribution in [3.05, 3.63) is 22.3 Å². The summed E-state index contributed by atoms with van der Waals surface area (Å²) in [7, 11) is 0. The summed E-state index contributed by atoms with van der Waals surface area (Å²) in [5.41, 5.74) is 5.52. The largest absolute Gasteiger partial charge is 0.374 e. The summed E-state index contributed by atoms with van der Waals surface area (Å²) in [5, 5.41) is 0.389. The predicted octanol–water partition coefficient (Wildman–Crippen LogP) is 2.76. The average Bonchev–Trinajstić information content (AvgIpc) is 1.84. The van der Waals surface area contributed by atoms with Crippen molar-refractivity contribution in [2.45, 2.75) is 6.92 Å². The zero-order chi connectivity index (χ0) is 9.02. The molecule has 0 aliphatic heterocycles. The highest BCUT2D eigenvalue weighted by molar-refractivity contribution is 6.64. The first-order chi connectivity index (χ1) is 4.95. The molecule has 0 radical (unpaired) electrons. The molecule has 2 N–H and O–H groups in total. The van der Waals surface area contributed by atoms with Gasteiger partial charge >= 0.3 is 0 Å². The lowest BCUT2D eigenvalue weighted by atomic mass is 10.4. The standard InChI is InChI=1S/C6H7Cl3N2/c1-3(7)5(8)4(2)11-6(9)10/h1H2,2H3,(H2,10,11)/b5-4+. The first-order valence-electron chi connectivity index (χ1n) is 2.66. The van der Waals surface area contributed by atoms with Crippen LogP contribution >= 0.6 is 34.8 Å². The summed E-state index contributed by atoms with van der Waals surface area (Å²) in [6, 6.07) is 0. The Hall–Kier alpha value is -0.180. The van der Waals surface area contributed by atoms with Crippen molar-refractivity contribution in [2.24, 2.45) is 10.7 Å². The summed E-state index contributed by atoms with van der Waals surface area (Å²) < 4.78 is 0. The van der Waals surface area contributed by atoms with Crippen LogP contribution in [0.15, 0.2) is 27.3 Å². The molecular formula is C6H7Cl3N2. The fourth-order valence-electron chi connectivity index (χ4n) is 0.406. The van der Waals surface area contributed by atoms with E-state index < -0.39 is 0 Å². The van der Waals surface area contributed by atoms with E-state index >= 15 is 0 Å². The summed E-state index contributed by atoms with van der Waals surface area (Å²) in [6.45, 7) is 5.04. The maximum Gasteiger partial charge on any atom is 0.193 e. The Morgan fingerprint density at radius 3 is 2.09 bits per heavy atom. The number of hydrogen-bond donors (Lipinski definition) is 1. The minimum Gasteiger partial charge on any atom is -0.374 e. The minimum absolute atomic E-state index is 0.0847. The smallest absolute Gasteiger partial charge is 0.193 e. The van der Waals surface area contributed by atoms with Crippen LogP contribution in [0.5, 0.6) is 0 Å². The molecule has 0 heterocycles. The molecule has 0 aliphatic carbocycles. The van der Waals surface area contributed by atoms with Crippen LogP contribution in [0.25, 0.3) is 0 Å². The molecule has 5 heteroatoms. The number of nitrogens with zero attached hydrogens (tertiary/aromatic N) is 1. The summed E-state index contributed by atoms with van der Waals surface area (Å²) in [5.74, 6) is 0. The number of halogens is 3. The molecule has 0 atom stereocenters. The zero-order valence-corrected chi connectivity index (χ0v) is 8.13. The van der Waals surface area contributed by atoms with Crippen molar-refractivity contribution >= 4 is 40.1 Å². The Balaban J connectivity index is 4.68. The second-order valence-electron chi connectivity index (χ2n) is 1.74. The van der Waals surface area contributed by atoms with Gasteiger partial charge in [0.1, 0.15) is 0 Å². The first kappa shape index (κ1) is 10.8. The third-order valence-corrected chi connectivity index (χ3v) is 1.70. The van der Waals surface area contributed by atoms with Gasteiger partial charge in [-0.15, -0.1) is 0 Å². The van der Waals surface area contributed by atoms with Crippen molar-refractivity contribution in [3.8, 4) is 0 Å². The molecule has 0 aromatic rings. The van der Waals surface area contributed by atoms with E-state index in [-0.39, 0.29) is 15.4 Å². The average molecular weight is 213 g/mol. The summed E-state index contributed by atoms with van der Waals surface area (Å²) >= 11 is 16.4. The van der Waals surface area contributed by atoms with E-state index in [0.29, 0.717) is 5.70 Å². The lowest BCUT2D eigenvalue weighted by Crippen LogP contribution is -2.01. The molecule has 0 saturated heterocycles. The lowest BCUT2D eigenvalue weighted by molar-refractivity contribution is 1.29. The third kappa shape index (κ3) is 4.30. The van der Waals surface area contributed by atoms with E-state index in [2.05, 4.69) is 11.6 Å². The van der Waals surface area contributed by atoms with Gasteiger partial charge in [0, 0.05) is 0 Å². The Morgan fingerprint density at radius 1 is 1.36 bits per heavy atom. The van der Waals surface area contributed by atoms with Crippen molar-refractivity contribution in [1.29, 1.82) is 0 Å². The molecule has 11 heavy (non-hydrogen) atoms. The fourth-order valence-corrected chi connectivity index (χ4v) is 0.711. The molecule has 0 bridgehead atoms. The van der Waals surface area contributed by atoms with Gasteiger partial charge in [0.05, 0.1) is 15.8 Å². The molecular weight excluding hydrogens is 206 g/mol. The van der Waals surface area contributed by atoms with Crippen LogP contribution in [0.4, 0.5) is 0 Å². The van der Waals surface area contributed by atoms with Crippen molar-refractivity contribution in [2.75, 3.05) is 0 Å². The predicted molar refractivity (Wildman–Crippen MR) is 51.0 cm³/mol. The molecule has 0 amide bonds. The van der Waals surface area contributed by atoms with Crippen LogP contribution in [-0.4, -0.2) is 5.29 Å². The number of aliphatic imine (C=N–C) groups is 1. The van der Waals surface area contributed by atoms with Gasteiger partial charge in [-0.2, -0.15) is 0 Å². The van der Waals surface area contributed by atoms with E-state index in [1.807, 2.05) is 0 Å². The van der Waals surface area contributed by atoms with E-state index in [4.69, 9.17) is 40.5 Å². The van der Waals surface area contributed by atoms with Crippen LogP contribution in [0.3, 0.4) is 0 Å². The van der Waals surface area contributed by atoms with Gasteiger partial charge in [-0.05, 0) is 18.5 Å². The van der Waals surface area contributed by atoms with Crippen LogP contribution in [0, 0.1) is 0 Å². The van der Waals surface area contributed by atoms with Crippen LogP contribution < -0.4 is 5.73 Å². The Bertz CT molecular complexity index is 226. The van der Waals surface area contributed by atoms with Gasteiger partial charge in [-0.25, -0.2) is 4.99 Å². The Kier molecular flexibility index (Phi) is 4.57. The molecule has 0 aliphatic rings.